The molecule has 0 aliphatic heterocycles. The molecule has 0 saturated carbocycles. The van der Waals surface area contributed by atoms with Crippen LogP contribution in [-0.2, 0) is 0 Å². The fraction of sp³-hybridized carbons (Fsp3) is 0.250. The minimum absolute atomic E-state index is 0.0914. The summed E-state index contributed by atoms with van der Waals surface area (Å²) in [5, 5.41) is 12.9. The third-order valence-electron chi connectivity index (χ3n) is 2.93. The zero-order valence-electron chi connectivity index (χ0n) is 11.3. The second-order valence-electron chi connectivity index (χ2n) is 4.39. The molecule has 0 aromatic heterocycles. The third-order valence-corrected chi connectivity index (χ3v) is 2.93. The Morgan fingerprint density at radius 2 is 1.95 bits per heavy atom. The lowest BCUT2D eigenvalue weighted by Gasteiger charge is -2.18. The van der Waals surface area contributed by atoms with Crippen molar-refractivity contribution in [3.8, 4) is 11.5 Å². The van der Waals surface area contributed by atoms with Crippen LogP contribution in [0.3, 0.4) is 0 Å². The second kappa shape index (κ2) is 6.14. The molecule has 100 valence electrons. The van der Waals surface area contributed by atoms with E-state index in [2.05, 4.69) is 12.2 Å². The Kier molecular flexibility index (Phi) is 4.29. The van der Waals surface area contributed by atoms with Gasteiger partial charge in [-0.3, -0.25) is 0 Å². The zero-order chi connectivity index (χ0) is 13.7. The molecule has 2 rings (SSSR count). The number of benzene rings is 2. The van der Waals surface area contributed by atoms with E-state index in [1.54, 1.807) is 12.1 Å². The molecular formula is C16H19NO2. The van der Waals surface area contributed by atoms with Crippen LogP contribution in [0.1, 0.15) is 25.5 Å². The summed E-state index contributed by atoms with van der Waals surface area (Å²) in [7, 11) is 0. The largest absolute Gasteiger partial charge is 0.508 e. The molecule has 0 fully saturated rings. The zero-order valence-corrected chi connectivity index (χ0v) is 11.3. The van der Waals surface area contributed by atoms with Gasteiger partial charge in [0.05, 0.1) is 12.3 Å². The van der Waals surface area contributed by atoms with Crippen LogP contribution >= 0.6 is 0 Å². The summed E-state index contributed by atoms with van der Waals surface area (Å²) in [6.07, 6.45) is 0. The van der Waals surface area contributed by atoms with Crippen molar-refractivity contribution < 1.29 is 9.84 Å². The van der Waals surface area contributed by atoms with Crippen LogP contribution in [0.25, 0.3) is 0 Å². The van der Waals surface area contributed by atoms with Gasteiger partial charge in [-0.15, -0.1) is 0 Å². The standard InChI is InChI=1S/C16H19NO2/c1-3-19-16-10-5-4-9-15(16)17-12(2)13-7-6-8-14(18)11-13/h4-12,17-18H,3H2,1-2H3. The molecule has 2 N–H and O–H groups in total. The average molecular weight is 257 g/mol. The molecule has 0 heterocycles. The van der Waals surface area contributed by atoms with E-state index in [-0.39, 0.29) is 11.8 Å². The Balaban J connectivity index is 2.16. The van der Waals surface area contributed by atoms with Crippen molar-refractivity contribution in [1.82, 2.24) is 0 Å². The maximum absolute atomic E-state index is 9.51. The quantitative estimate of drug-likeness (QED) is 0.851. The predicted molar refractivity (Wildman–Crippen MR) is 77.8 cm³/mol. The van der Waals surface area contributed by atoms with Crippen molar-refractivity contribution in [2.24, 2.45) is 0 Å². The van der Waals surface area contributed by atoms with Gasteiger partial charge in [0, 0.05) is 6.04 Å². The molecule has 3 heteroatoms. The van der Waals surface area contributed by atoms with Gasteiger partial charge in [-0.1, -0.05) is 24.3 Å². The summed E-state index contributed by atoms with van der Waals surface area (Å²) in [5.41, 5.74) is 1.99. The molecule has 0 aliphatic rings. The molecule has 1 unspecified atom stereocenters. The molecule has 0 aliphatic carbocycles. The van der Waals surface area contributed by atoms with Gasteiger partial charge in [0.2, 0.25) is 0 Å². The molecule has 0 saturated heterocycles. The highest BCUT2D eigenvalue weighted by Crippen LogP contribution is 2.28. The van der Waals surface area contributed by atoms with Crippen molar-refractivity contribution in [3.63, 3.8) is 0 Å². The number of para-hydroxylation sites is 2. The van der Waals surface area contributed by atoms with Crippen LogP contribution in [0.5, 0.6) is 11.5 Å². The Bertz CT molecular complexity index is 540. The van der Waals surface area contributed by atoms with Crippen LogP contribution in [0.4, 0.5) is 5.69 Å². The first-order chi connectivity index (χ1) is 9.20. The minimum atomic E-state index is 0.0914. The van der Waals surface area contributed by atoms with E-state index in [1.807, 2.05) is 43.3 Å². The highest BCUT2D eigenvalue weighted by molar-refractivity contribution is 5.57. The lowest BCUT2D eigenvalue weighted by atomic mass is 10.1. The van der Waals surface area contributed by atoms with Gasteiger partial charge in [-0.2, -0.15) is 0 Å². The summed E-state index contributed by atoms with van der Waals surface area (Å²) in [5.74, 6) is 1.13. The fourth-order valence-corrected chi connectivity index (χ4v) is 1.98. The van der Waals surface area contributed by atoms with Crippen molar-refractivity contribution in [2.45, 2.75) is 19.9 Å². The number of ether oxygens (including phenoxy) is 1. The van der Waals surface area contributed by atoms with Gasteiger partial charge >= 0.3 is 0 Å². The van der Waals surface area contributed by atoms with Gasteiger partial charge in [0.25, 0.3) is 0 Å². The number of aromatic hydroxyl groups is 1. The van der Waals surface area contributed by atoms with Gasteiger partial charge in [-0.05, 0) is 43.7 Å². The van der Waals surface area contributed by atoms with Gasteiger partial charge < -0.3 is 15.2 Å². The van der Waals surface area contributed by atoms with Crippen LogP contribution in [0.15, 0.2) is 48.5 Å². The second-order valence-corrected chi connectivity index (χ2v) is 4.39. The van der Waals surface area contributed by atoms with Crippen LogP contribution in [0, 0.1) is 0 Å². The van der Waals surface area contributed by atoms with Gasteiger partial charge in [-0.25, -0.2) is 0 Å². The molecule has 2 aromatic rings. The van der Waals surface area contributed by atoms with E-state index >= 15 is 0 Å². The summed E-state index contributed by atoms with van der Waals surface area (Å²) in [6.45, 7) is 4.66. The maximum Gasteiger partial charge on any atom is 0.142 e. The van der Waals surface area contributed by atoms with Crippen LogP contribution < -0.4 is 10.1 Å². The van der Waals surface area contributed by atoms with Crippen molar-refractivity contribution >= 4 is 5.69 Å². The van der Waals surface area contributed by atoms with E-state index in [9.17, 15) is 5.11 Å². The molecule has 0 bridgehead atoms. The van der Waals surface area contributed by atoms with Gasteiger partial charge in [0.1, 0.15) is 11.5 Å². The van der Waals surface area contributed by atoms with Crippen molar-refractivity contribution in [3.05, 3.63) is 54.1 Å². The molecule has 0 radical (unpaired) electrons. The maximum atomic E-state index is 9.51. The lowest BCUT2D eigenvalue weighted by Crippen LogP contribution is -2.08. The van der Waals surface area contributed by atoms with Crippen LogP contribution in [0.2, 0.25) is 0 Å². The minimum Gasteiger partial charge on any atom is -0.508 e. The number of phenols is 1. The molecule has 19 heavy (non-hydrogen) atoms. The summed E-state index contributed by atoms with van der Waals surface area (Å²) < 4.78 is 5.59. The highest BCUT2D eigenvalue weighted by atomic mass is 16.5. The van der Waals surface area contributed by atoms with Gasteiger partial charge in [0.15, 0.2) is 0 Å². The third kappa shape index (κ3) is 3.41. The molecule has 1 atom stereocenters. The predicted octanol–water partition coefficient (Wildman–Crippen LogP) is 3.96. The Hall–Kier alpha value is -2.16. The molecule has 0 spiro atoms. The van der Waals surface area contributed by atoms with E-state index in [0.717, 1.165) is 17.0 Å². The molecule has 2 aromatic carbocycles. The Morgan fingerprint density at radius 1 is 1.16 bits per heavy atom. The Morgan fingerprint density at radius 3 is 2.68 bits per heavy atom. The molecule has 3 nitrogen and oxygen atoms in total. The first-order valence-corrected chi connectivity index (χ1v) is 6.48. The average Bonchev–Trinajstić information content (AvgIpc) is 2.41. The van der Waals surface area contributed by atoms with Crippen LogP contribution in [-0.4, -0.2) is 11.7 Å². The summed E-state index contributed by atoms with van der Waals surface area (Å²) in [4.78, 5) is 0. The smallest absolute Gasteiger partial charge is 0.142 e. The number of hydrogen-bond donors (Lipinski definition) is 2. The first-order valence-electron chi connectivity index (χ1n) is 6.48. The monoisotopic (exact) mass is 257 g/mol. The summed E-state index contributed by atoms with van der Waals surface area (Å²) in [6, 6.07) is 15.2. The number of rotatable bonds is 5. The van der Waals surface area contributed by atoms with E-state index in [4.69, 9.17) is 4.74 Å². The van der Waals surface area contributed by atoms with E-state index < -0.39 is 0 Å². The first kappa shape index (κ1) is 13.3. The number of hydrogen-bond acceptors (Lipinski definition) is 3. The fourth-order valence-electron chi connectivity index (χ4n) is 1.98. The topological polar surface area (TPSA) is 41.5 Å². The summed E-state index contributed by atoms with van der Waals surface area (Å²) >= 11 is 0. The van der Waals surface area contributed by atoms with E-state index in [1.165, 1.54) is 0 Å². The SMILES string of the molecule is CCOc1ccccc1NC(C)c1cccc(O)c1. The highest BCUT2D eigenvalue weighted by Gasteiger charge is 2.09. The lowest BCUT2D eigenvalue weighted by molar-refractivity contribution is 0.341. The van der Waals surface area contributed by atoms with Crippen molar-refractivity contribution in [2.75, 3.05) is 11.9 Å². The Labute approximate surface area is 113 Å². The van der Waals surface area contributed by atoms with Crippen molar-refractivity contribution in [1.29, 1.82) is 0 Å². The number of nitrogens with one attached hydrogen (secondary N) is 1. The number of anilines is 1. The normalized spacial score (nSPS) is 11.9. The number of phenolic OH excluding ortho intramolecular Hbond substituents is 1. The van der Waals surface area contributed by atoms with E-state index in [0.29, 0.717) is 6.61 Å². The molecular weight excluding hydrogens is 238 g/mol. The molecule has 0 amide bonds.